The van der Waals surface area contributed by atoms with Crippen molar-refractivity contribution in [1.82, 2.24) is 4.90 Å². The summed E-state index contributed by atoms with van der Waals surface area (Å²) < 4.78 is 6.16. The van der Waals surface area contributed by atoms with Crippen LogP contribution < -0.4 is 4.74 Å². The Bertz CT molecular complexity index is 467. The zero-order chi connectivity index (χ0) is 13.8. The van der Waals surface area contributed by atoms with E-state index < -0.39 is 0 Å². The summed E-state index contributed by atoms with van der Waals surface area (Å²) in [6.45, 7) is 1.63. The minimum Gasteiger partial charge on any atom is -0.496 e. The fourth-order valence-corrected chi connectivity index (χ4v) is 3.15. The minimum atomic E-state index is 0.256. The Hall–Kier alpha value is -0.680. The van der Waals surface area contributed by atoms with E-state index >= 15 is 0 Å². The van der Waals surface area contributed by atoms with Crippen LogP contribution in [-0.2, 0) is 11.2 Å². The smallest absolute Gasteiger partial charge is 0.222 e. The van der Waals surface area contributed by atoms with Crippen LogP contribution in [0.15, 0.2) is 22.7 Å². The summed E-state index contributed by atoms with van der Waals surface area (Å²) in [6, 6.07) is 6.04. The van der Waals surface area contributed by atoms with E-state index in [4.69, 9.17) is 4.74 Å². The molecule has 5 heteroatoms. The van der Waals surface area contributed by atoms with Crippen molar-refractivity contribution >= 4 is 34.5 Å². The number of thiol groups is 1. The number of halogens is 1. The molecule has 0 aliphatic carbocycles. The van der Waals surface area contributed by atoms with Gasteiger partial charge in [0.1, 0.15) is 5.75 Å². The van der Waals surface area contributed by atoms with E-state index in [-0.39, 0.29) is 5.91 Å². The molecule has 0 aromatic heterocycles. The van der Waals surface area contributed by atoms with E-state index in [1.165, 1.54) is 5.56 Å². The standard InChI is InChI=1S/C14H18BrNO2S/c1-18-13-3-2-10(6-12(13)15)4-5-16-8-11(9-19)7-14(16)17/h2-3,6,11,19H,4-5,7-9H2,1H3. The van der Waals surface area contributed by atoms with Gasteiger partial charge in [-0.2, -0.15) is 12.6 Å². The van der Waals surface area contributed by atoms with Gasteiger partial charge in [0, 0.05) is 19.5 Å². The van der Waals surface area contributed by atoms with Crippen LogP contribution in [0.25, 0.3) is 0 Å². The molecule has 1 atom stereocenters. The largest absolute Gasteiger partial charge is 0.496 e. The molecule has 19 heavy (non-hydrogen) atoms. The van der Waals surface area contributed by atoms with Gasteiger partial charge < -0.3 is 9.64 Å². The molecule has 2 rings (SSSR count). The van der Waals surface area contributed by atoms with Gasteiger partial charge in [0.15, 0.2) is 0 Å². The van der Waals surface area contributed by atoms with Crippen LogP contribution in [0.5, 0.6) is 5.75 Å². The molecule has 1 amide bonds. The number of amides is 1. The van der Waals surface area contributed by atoms with Gasteiger partial charge in [-0.05, 0) is 51.7 Å². The Morgan fingerprint density at radius 3 is 2.89 bits per heavy atom. The monoisotopic (exact) mass is 343 g/mol. The molecule has 0 N–H and O–H groups in total. The van der Waals surface area contributed by atoms with Crippen LogP contribution in [0.2, 0.25) is 0 Å². The van der Waals surface area contributed by atoms with Gasteiger partial charge in [-0.25, -0.2) is 0 Å². The minimum absolute atomic E-state index is 0.256. The van der Waals surface area contributed by atoms with Gasteiger partial charge in [0.05, 0.1) is 11.6 Å². The highest BCUT2D eigenvalue weighted by Gasteiger charge is 2.27. The van der Waals surface area contributed by atoms with E-state index in [1.54, 1.807) is 7.11 Å². The Morgan fingerprint density at radius 1 is 1.53 bits per heavy atom. The molecule has 1 fully saturated rings. The van der Waals surface area contributed by atoms with Gasteiger partial charge in [0.2, 0.25) is 5.91 Å². The average Bonchev–Trinajstić information content (AvgIpc) is 2.77. The Kier molecular flexibility index (Phi) is 5.16. The molecule has 0 saturated carbocycles. The van der Waals surface area contributed by atoms with Crippen LogP contribution in [0, 0.1) is 5.92 Å². The highest BCUT2D eigenvalue weighted by molar-refractivity contribution is 9.10. The van der Waals surface area contributed by atoms with Crippen molar-refractivity contribution in [3.63, 3.8) is 0 Å². The van der Waals surface area contributed by atoms with Gasteiger partial charge in [-0.1, -0.05) is 6.07 Å². The van der Waals surface area contributed by atoms with Crippen LogP contribution in [0.1, 0.15) is 12.0 Å². The number of benzene rings is 1. The summed E-state index contributed by atoms with van der Waals surface area (Å²) >= 11 is 7.75. The van der Waals surface area contributed by atoms with E-state index in [0.29, 0.717) is 12.3 Å². The zero-order valence-electron chi connectivity index (χ0n) is 10.9. The molecule has 1 heterocycles. The quantitative estimate of drug-likeness (QED) is 0.833. The third-order valence-corrected chi connectivity index (χ3v) is 4.58. The van der Waals surface area contributed by atoms with Crippen molar-refractivity contribution in [2.45, 2.75) is 12.8 Å². The maximum absolute atomic E-state index is 11.8. The van der Waals surface area contributed by atoms with Gasteiger partial charge >= 0.3 is 0 Å². The average molecular weight is 344 g/mol. The first-order valence-electron chi connectivity index (χ1n) is 6.35. The molecule has 1 unspecified atom stereocenters. The summed E-state index contributed by atoms with van der Waals surface area (Å²) in [5.74, 6) is 2.29. The van der Waals surface area contributed by atoms with Crippen molar-refractivity contribution in [3.8, 4) is 5.75 Å². The lowest BCUT2D eigenvalue weighted by Crippen LogP contribution is -2.27. The molecule has 1 aliphatic heterocycles. The van der Waals surface area contributed by atoms with Crippen molar-refractivity contribution in [2.75, 3.05) is 26.0 Å². The van der Waals surface area contributed by atoms with Crippen LogP contribution >= 0.6 is 28.6 Å². The van der Waals surface area contributed by atoms with Gasteiger partial charge in [-0.3, -0.25) is 4.79 Å². The number of rotatable bonds is 5. The maximum Gasteiger partial charge on any atom is 0.222 e. The van der Waals surface area contributed by atoms with Crippen molar-refractivity contribution < 1.29 is 9.53 Å². The molecule has 1 saturated heterocycles. The van der Waals surface area contributed by atoms with E-state index in [2.05, 4.69) is 34.6 Å². The molecule has 1 aliphatic rings. The molecule has 1 aromatic rings. The first-order valence-corrected chi connectivity index (χ1v) is 7.77. The Labute approximate surface area is 127 Å². The lowest BCUT2D eigenvalue weighted by atomic mass is 10.1. The van der Waals surface area contributed by atoms with Gasteiger partial charge in [0.25, 0.3) is 0 Å². The number of likely N-dealkylation sites (tertiary alicyclic amines) is 1. The van der Waals surface area contributed by atoms with Crippen molar-refractivity contribution in [2.24, 2.45) is 5.92 Å². The van der Waals surface area contributed by atoms with Crippen LogP contribution in [0.3, 0.4) is 0 Å². The third kappa shape index (κ3) is 3.66. The number of nitrogens with zero attached hydrogens (tertiary/aromatic N) is 1. The molecular formula is C14H18BrNO2S. The number of hydrogen-bond donors (Lipinski definition) is 1. The molecule has 1 aromatic carbocycles. The number of hydrogen-bond acceptors (Lipinski definition) is 3. The second-order valence-corrected chi connectivity index (χ2v) is 6.03. The normalized spacial score (nSPS) is 19.0. The molecular weight excluding hydrogens is 326 g/mol. The SMILES string of the molecule is COc1ccc(CCN2CC(CS)CC2=O)cc1Br. The van der Waals surface area contributed by atoms with Crippen LogP contribution in [0.4, 0.5) is 0 Å². The molecule has 3 nitrogen and oxygen atoms in total. The highest BCUT2D eigenvalue weighted by atomic mass is 79.9. The lowest BCUT2D eigenvalue weighted by Gasteiger charge is -2.16. The zero-order valence-corrected chi connectivity index (χ0v) is 13.4. The summed E-state index contributed by atoms with van der Waals surface area (Å²) in [6.07, 6.45) is 1.52. The summed E-state index contributed by atoms with van der Waals surface area (Å²) in [7, 11) is 1.65. The van der Waals surface area contributed by atoms with Crippen molar-refractivity contribution in [3.05, 3.63) is 28.2 Å². The van der Waals surface area contributed by atoms with Crippen molar-refractivity contribution in [1.29, 1.82) is 0 Å². The predicted molar refractivity (Wildman–Crippen MR) is 82.9 cm³/mol. The number of ether oxygens (including phenoxy) is 1. The summed E-state index contributed by atoms with van der Waals surface area (Å²) in [5, 5.41) is 0. The molecule has 0 radical (unpaired) electrons. The Morgan fingerprint density at radius 2 is 2.32 bits per heavy atom. The molecule has 0 bridgehead atoms. The summed E-state index contributed by atoms with van der Waals surface area (Å²) in [5.41, 5.74) is 1.20. The lowest BCUT2D eigenvalue weighted by molar-refractivity contribution is -0.127. The Balaban J connectivity index is 1.92. The molecule has 104 valence electrons. The second kappa shape index (κ2) is 6.66. The highest BCUT2D eigenvalue weighted by Crippen LogP contribution is 2.26. The van der Waals surface area contributed by atoms with Gasteiger partial charge in [-0.15, -0.1) is 0 Å². The van der Waals surface area contributed by atoms with E-state index in [9.17, 15) is 4.79 Å². The first kappa shape index (κ1) is 14.7. The fourth-order valence-electron chi connectivity index (χ4n) is 2.32. The maximum atomic E-state index is 11.8. The third-order valence-electron chi connectivity index (χ3n) is 3.44. The number of carbonyl (C=O) groups is 1. The van der Waals surface area contributed by atoms with E-state index in [0.717, 1.165) is 35.5 Å². The molecule has 0 spiro atoms. The summed E-state index contributed by atoms with van der Waals surface area (Å²) in [4.78, 5) is 13.7. The first-order chi connectivity index (χ1) is 9.13. The number of methoxy groups -OCH3 is 1. The van der Waals surface area contributed by atoms with Crippen LogP contribution in [-0.4, -0.2) is 36.8 Å². The second-order valence-electron chi connectivity index (χ2n) is 4.81. The topological polar surface area (TPSA) is 29.5 Å². The fraction of sp³-hybridized carbons (Fsp3) is 0.500. The predicted octanol–water partition coefficient (Wildman–Crippen LogP) is 2.78. The van der Waals surface area contributed by atoms with E-state index in [1.807, 2.05) is 17.0 Å². The number of carbonyl (C=O) groups excluding carboxylic acids is 1.